The lowest BCUT2D eigenvalue weighted by molar-refractivity contribution is -0.132. The number of benzene rings is 2. The Hall–Kier alpha value is -2.53. The molecule has 0 saturated carbocycles. The highest BCUT2D eigenvalue weighted by Crippen LogP contribution is 2.42. The van der Waals surface area contributed by atoms with Crippen molar-refractivity contribution < 1.29 is 19.1 Å². The molecule has 0 fully saturated rings. The third-order valence-corrected chi connectivity index (χ3v) is 3.33. The van der Waals surface area contributed by atoms with Gasteiger partial charge in [-0.1, -0.05) is 18.2 Å². The van der Waals surface area contributed by atoms with Crippen LogP contribution in [-0.4, -0.2) is 26.0 Å². The Morgan fingerprint density at radius 3 is 2.43 bits per heavy atom. The third kappa shape index (κ3) is 3.63. The van der Waals surface area contributed by atoms with Gasteiger partial charge < -0.3 is 14.4 Å². The van der Waals surface area contributed by atoms with Crippen LogP contribution in [0.2, 0.25) is 5.02 Å². The van der Waals surface area contributed by atoms with Crippen LogP contribution >= 0.6 is 11.6 Å². The average Bonchev–Trinajstić information content (AvgIpc) is 2.48. The van der Waals surface area contributed by atoms with Crippen LogP contribution in [-0.2, 0) is 9.59 Å². The number of anilines is 1. The van der Waals surface area contributed by atoms with Gasteiger partial charge in [-0.25, -0.2) is 4.79 Å². The number of hydrogen-bond donors (Lipinski definition) is 0. The van der Waals surface area contributed by atoms with Gasteiger partial charge in [0.05, 0.1) is 5.69 Å². The lowest BCUT2D eigenvalue weighted by atomic mass is 10.1. The minimum Gasteiger partial charge on any atom is -0.426 e. The summed E-state index contributed by atoms with van der Waals surface area (Å²) in [5.41, 5.74) is 0.589. The molecule has 0 atom stereocenters. The van der Waals surface area contributed by atoms with Crippen LogP contribution in [0, 0.1) is 0 Å². The molecule has 0 aliphatic heterocycles. The van der Waals surface area contributed by atoms with Crippen LogP contribution in [0.25, 0.3) is 10.8 Å². The van der Waals surface area contributed by atoms with Crippen molar-refractivity contribution in [3.63, 3.8) is 0 Å². The number of halogens is 1. The van der Waals surface area contributed by atoms with Gasteiger partial charge in [-0.2, -0.15) is 0 Å². The van der Waals surface area contributed by atoms with Crippen molar-refractivity contribution in [1.29, 1.82) is 0 Å². The number of carbonyl (C=O) groups is 2. The Morgan fingerprint density at radius 2 is 1.87 bits per heavy atom. The van der Waals surface area contributed by atoms with Crippen LogP contribution in [0.3, 0.4) is 0 Å². The molecule has 5 nitrogen and oxygen atoms in total. The number of hydrogen-bond acceptors (Lipinski definition) is 5. The Balaban J connectivity index is 2.81. The topological polar surface area (TPSA) is 55.8 Å². The zero-order chi connectivity index (χ0) is 17.1. The van der Waals surface area contributed by atoms with E-state index >= 15 is 0 Å². The van der Waals surface area contributed by atoms with Crippen molar-refractivity contribution in [1.82, 2.24) is 0 Å². The summed E-state index contributed by atoms with van der Waals surface area (Å²) in [5, 5.41) is 1.65. The van der Waals surface area contributed by atoms with Crippen LogP contribution < -0.4 is 14.4 Å². The van der Waals surface area contributed by atoms with E-state index in [1.165, 1.54) is 6.92 Å². The zero-order valence-electron chi connectivity index (χ0n) is 13.1. The van der Waals surface area contributed by atoms with Crippen LogP contribution in [0.15, 0.2) is 36.9 Å². The van der Waals surface area contributed by atoms with E-state index in [1.54, 1.807) is 43.3 Å². The van der Waals surface area contributed by atoms with E-state index in [2.05, 4.69) is 6.58 Å². The summed E-state index contributed by atoms with van der Waals surface area (Å²) in [7, 11) is 3.58. The Labute approximate surface area is 139 Å². The van der Waals surface area contributed by atoms with E-state index in [4.69, 9.17) is 21.1 Å². The van der Waals surface area contributed by atoms with Crippen LogP contribution in [0.5, 0.6) is 11.5 Å². The summed E-state index contributed by atoms with van der Waals surface area (Å²) in [6, 6.07) is 6.67. The molecule has 0 radical (unpaired) electrons. The van der Waals surface area contributed by atoms with E-state index in [0.29, 0.717) is 33.0 Å². The molecule has 0 bridgehead atoms. The van der Waals surface area contributed by atoms with Crippen LogP contribution in [0.1, 0.15) is 6.92 Å². The van der Waals surface area contributed by atoms with Gasteiger partial charge in [0.2, 0.25) is 0 Å². The van der Waals surface area contributed by atoms with Gasteiger partial charge in [-0.15, -0.1) is 0 Å². The highest BCUT2D eigenvalue weighted by molar-refractivity contribution is 6.31. The predicted molar refractivity (Wildman–Crippen MR) is 90.4 cm³/mol. The molecule has 0 amide bonds. The van der Waals surface area contributed by atoms with E-state index in [0.717, 1.165) is 6.08 Å². The first-order valence-electron chi connectivity index (χ1n) is 6.79. The highest BCUT2D eigenvalue weighted by atomic mass is 35.5. The quantitative estimate of drug-likeness (QED) is 0.486. The predicted octanol–water partition coefficient (Wildman–Crippen LogP) is 3.58. The number of ether oxygens (including phenoxy) is 2. The second-order valence-corrected chi connectivity index (χ2v) is 5.46. The fourth-order valence-corrected chi connectivity index (χ4v) is 2.32. The van der Waals surface area contributed by atoms with Gasteiger partial charge in [0.1, 0.15) is 5.75 Å². The molecule has 2 rings (SSSR count). The second kappa shape index (κ2) is 6.71. The van der Waals surface area contributed by atoms with E-state index in [-0.39, 0.29) is 0 Å². The average molecular weight is 334 g/mol. The van der Waals surface area contributed by atoms with Gasteiger partial charge in [0.25, 0.3) is 0 Å². The minimum atomic E-state index is -0.579. The van der Waals surface area contributed by atoms with Gasteiger partial charge in [0.15, 0.2) is 5.75 Å². The van der Waals surface area contributed by atoms with Crippen molar-refractivity contribution in [2.75, 3.05) is 19.0 Å². The summed E-state index contributed by atoms with van der Waals surface area (Å²) in [6.07, 6.45) is 1.08. The maximum absolute atomic E-state index is 11.7. The van der Waals surface area contributed by atoms with Gasteiger partial charge >= 0.3 is 11.9 Å². The molecule has 0 aliphatic rings. The molecule has 2 aromatic carbocycles. The SMILES string of the molecule is C=CC(=O)Oc1c(N(C)C)cc(OC(C)=O)c2cc(Cl)ccc12. The van der Waals surface area contributed by atoms with Crippen molar-refractivity contribution in [2.45, 2.75) is 6.92 Å². The van der Waals surface area contributed by atoms with E-state index < -0.39 is 11.9 Å². The lowest BCUT2D eigenvalue weighted by Crippen LogP contribution is -2.14. The first-order valence-corrected chi connectivity index (χ1v) is 7.17. The van der Waals surface area contributed by atoms with Crippen LogP contribution in [0.4, 0.5) is 5.69 Å². The molecule has 120 valence electrons. The summed E-state index contributed by atoms with van der Waals surface area (Å²) in [4.78, 5) is 24.8. The molecule has 0 aromatic heterocycles. The number of fused-ring (bicyclic) bond motifs is 1. The Morgan fingerprint density at radius 1 is 1.17 bits per heavy atom. The number of esters is 2. The molecule has 0 aliphatic carbocycles. The van der Waals surface area contributed by atoms with E-state index in [9.17, 15) is 9.59 Å². The maximum Gasteiger partial charge on any atom is 0.335 e. The zero-order valence-corrected chi connectivity index (χ0v) is 13.8. The molecule has 0 heterocycles. The Bertz CT molecular complexity index is 799. The van der Waals surface area contributed by atoms with Gasteiger partial charge in [-0.3, -0.25) is 4.79 Å². The molecule has 0 N–H and O–H groups in total. The smallest absolute Gasteiger partial charge is 0.335 e. The number of rotatable bonds is 4. The first-order chi connectivity index (χ1) is 10.8. The van der Waals surface area contributed by atoms with Gasteiger partial charge in [0, 0.05) is 49.0 Å². The van der Waals surface area contributed by atoms with Crippen molar-refractivity contribution >= 4 is 40.0 Å². The normalized spacial score (nSPS) is 10.3. The molecule has 2 aromatic rings. The Kier molecular flexibility index (Phi) is 4.91. The summed E-state index contributed by atoms with van der Waals surface area (Å²) >= 11 is 6.04. The number of nitrogens with zero attached hydrogens (tertiary/aromatic N) is 1. The molecular formula is C17H16ClNO4. The van der Waals surface area contributed by atoms with Crippen molar-refractivity contribution in [3.05, 3.63) is 41.9 Å². The highest BCUT2D eigenvalue weighted by Gasteiger charge is 2.19. The number of carbonyl (C=O) groups excluding carboxylic acids is 2. The fraction of sp³-hybridized carbons (Fsp3) is 0.176. The first kappa shape index (κ1) is 16.8. The molecule has 0 spiro atoms. The lowest BCUT2D eigenvalue weighted by Gasteiger charge is -2.20. The van der Waals surface area contributed by atoms with Crippen molar-refractivity contribution in [3.8, 4) is 11.5 Å². The van der Waals surface area contributed by atoms with E-state index in [1.807, 2.05) is 0 Å². The summed E-state index contributed by atoms with van der Waals surface area (Å²) in [5.74, 6) is -0.337. The molecule has 6 heteroatoms. The summed E-state index contributed by atoms with van der Waals surface area (Å²) < 4.78 is 10.7. The monoisotopic (exact) mass is 333 g/mol. The molecular weight excluding hydrogens is 318 g/mol. The largest absolute Gasteiger partial charge is 0.426 e. The maximum atomic E-state index is 11.7. The van der Waals surface area contributed by atoms with Crippen molar-refractivity contribution in [2.24, 2.45) is 0 Å². The summed E-state index contributed by atoms with van der Waals surface area (Å²) in [6.45, 7) is 4.72. The standard InChI is InChI=1S/C17H16ClNO4/c1-5-16(21)23-17-12-7-6-11(18)8-13(12)15(22-10(2)20)9-14(17)19(3)4/h5-9H,1H2,2-4H3. The molecule has 23 heavy (non-hydrogen) atoms. The fourth-order valence-electron chi connectivity index (χ4n) is 2.14. The third-order valence-electron chi connectivity index (χ3n) is 3.10. The molecule has 0 saturated heterocycles. The minimum absolute atomic E-state index is 0.345. The second-order valence-electron chi connectivity index (χ2n) is 5.03. The van der Waals surface area contributed by atoms with Gasteiger partial charge in [-0.05, 0) is 18.2 Å². The molecule has 0 unspecified atom stereocenters.